The maximum Gasteiger partial charge on any atom is 0.0721 e. The molecule has 1 aromatic carbocycles. The van der Waals surface area contributed by atoms with Crippen molar-refractivity contribution in [1.29, 1.82) is 0 Å². The van der Waals surface area contributed by atoms with Crippen LogP contribution >= 0.6 is 0 Å². The van der Waals surface area contributed by atoms with E-state index in [-0.39, 0.29) is 0 Å². The van der Waals surface area contributed by atoms with Gasteiger partial charge in [-0.25, -0.2) is 0 Å². The molecule has 3 rings (SSSR count). The van der Waals surface area contributed by atoms with Crippen molar-refractivity contribution in [2.75, 3.05) is 6.61 Å². The molecule has 0 unspecified atom stereocenters. The first-order chi connectivity index (χ1) is 13.8. The first-order valence-corrected chi connectivity index (χ1v) is 11.7. The van der Waals surface area contributed by atoms with E-state index in [4.69, 9.17) is 4.74 Å². The lowest BCUT2D eigenvalue weighted by Gasteiger charge is -2.38. The van der Waals surface area contributed by atoms with Gasteiger partial charge in [0.15, 0.2) is 0 Å². The largest absolute Gasteiger partial charge is 0.373 e. The van der Waals surface area contributed by atoms with Gasteiger partial charge in [-0.2, -0.15) is 0 Å². The predicted molar refractivity (Wildman–Crippen MR) is 120 cm³/mol. The van der Waals surface area contributed by atoms with Crippen LogP contribution in [0.2, 0.25) is 0 Å². The van der Waals surface area contributed by atoms with Gasteiger partial charge < -0.3 is 4.74 Å². The number of hydrogen-bond donors (Lipinski definition) is 0. The van der Waals surface area contributed by atoms with E-state index >= 15 is 0 Å². The van der Waals surface area contributed by atoms with Crippen LogP contribution in [-0.4, -0.2) is 6.61 Å². The molecular formula is C27H40O. The molecule has 1 heteroatoms. The monoisotopic (exact) mass is 380 g/mol. The molecule has 2 saturated carbocycles. The molecule has 0 heterocycles. The first kappa shape index (κ1) is 21.4. The van der Waals surface area contributed by atoms with Crippen LogP contribution in [0.3, 0.4) is 0 Å². The summed E-state index contributed by atoms with van der Waals surface area (Å²) in [5.74, 6) is 3.79. The smallest absolute Gasteiger partial charge is 0.0721 e. The summed E-state index contributed by atoms with van der Waals surface area (Å²) >= 11 is 0. The van der Waals surface area contributed by atoms with Gasteiger partial charge in [0.25, 0.3) is 0 Å². The molecule has 0 amide bonds. The molecule has 0 atom stereocenters. The molecule has 0 saturated heterocycles. The Hall–Kier alpha value is -1.34. The lowest BCUT2D eigenvalue weighted by Crippen LogP contribution is -2.25. The van der Waals surface area contributed by atoms with Crippen molar-refractivity contribution in [3.05, 3.63) is 60.2 Å². The van der Waals surface area contributed by atoms with Crippen LogP contribution in [0.1, 0.15) is 88.2 Å². The summed E-state index contributed by atoms with van der Waals surface area (Å²) in [6.45, 7) is 7.16. The molecule has 2 aliphatic rings. The summed E-state index contributed by atoms with van der Waals surface area (Å²) in [7, 11) is 0. The Kier molecular flexibility index (Phi) is 8.86. The number of allylic oxidation sites excluding steroid dienone is 2. The highest BCUT2D eigenvalue weighted by Gasteiger charge is 2.31. The molecular weight excluding hydrogens is 340 g/mol. The van der Waals surface area contributed by atoms with E-state index < -0.39 is 0 Å². The number of rotatable bonds is 9. The van der Waals surface area contributed by atoms with Gasteiger partial charge in [0.05, 0.1) is 13.2 Å². The second-order valence-electron chi connectivity index (χ2n) is 9.08. The maximum atomic E-state index is 5.55. The van der Waals surface area contributed by atoms with Crippen LogP contribution < -0.4 is 0 Å². The Morgan fingerprint density at radius 3 is 2.18 bits per heavy atom. The van der Waals surface area contributed by atoms with E-state index in [1.54, 1.807) is 5.56 Å². The van der Waals surface area contributed by atoms with Crippen LogP contribution in [-0.2, 0) is 11.3 Å². The van der Waals surface area contributed by atoms with Crippen LogP contribution in [0, 0.1) is 17.8 Å². The first-order valence-electron chi connectivity index (χ1n) is 11.7. The summed E-state index contributed by atoms with van der Waals surface area (Å²) in [5.41, 5.74) is 2.81. The molecule has 0 aromatic heterocycles. The van der Waals surface area contributed by atoms with Gasteiger partial charge in [-0.15, -0.1) is 6.58 Å². The average molecular weight is 381 g/mol. The highest BCUT2D eigenvalue weighted by Crippen LogP contribution is 2.44. The third-order valence-electron chi connectivity index (χ3n) is 7.26. The van der Waals surface area contributed by atoms with Crippen molar-refractivity contribution in [2.24, 2.45) is 17.8 Å². The minimum absolute atomic E-state index is 0.628. The molecule has 28 heavy (non-hydrogen) atoms. The highest BCUT2D eigenvalue weighted by molar-refractivity contribution is 5.25. The molecule has 0 spiro atoms. The molecule has 0 radical (unpaired) electrons. The minimum atomic E-state index is 0.628. The molecule has 0 bridgehead atoms. The predicted octanol–water partition coefficient (Wildman–Crippen LogP) is 7.83. The Balaban J connectivity index is 1.39. The van der Waals surface area contributed by atoms with Crippen molar-refractivity contribution in [3.63, 3.8) is 0 Å². The summed E-state index contributed by atoms with van der Waals surface area (Å²) < 4.78 is 5.55. The van der Waals surface area contributed by atoms with E-state index in [0.717, 1.165) is 23.7 Å². The fraction of sp³-hybridized carbons (Fsp3) is 0.630. The van der Waals surface area contributed by atoms with E-state index in [1.807, 2.05) is 6.08 Å². The third kappa shape index (κ3) is 6.34. The number of hydrogen-bond acceptors (Lipinski definition) is 1. The normalized spacial score (nSPS) is 28.5. The van der Waals surface area contributed by atoms with Crippen molar-refractivity contribution < 1.29 is 4.74 Å². The Labute approximate surface area is 173 Å². The van der Waals surface area contributed by atoms with Crippen LogP contribution in [0.4, 0.5) is 0 Å². The zero-order valence-electron chi connectivity index (χ0n) is 18.0. The fourth-order valence-corrected chi connectivity index (χ4v) is 5.52. The molecule has 2 aliphatic carbocycles. The summed E-state index contributed by atoms with van der Waals surface area (Å²) in [5, 5.41) is 0. The van der Waals surface area contributed by atoms with Crippen molar-refractivity contribution in [2.45, 2.75) is 83.7 Å². The van der Waals surface area contributed by atoms with E-state index in [1.165, 1.54) is 69.8 Å². The molecule has 0 N–H and O–H groups in total. The zero-order chi connectivity index (χ0) is 19.6. The number of benzene rings is 1. The summed E-state index contributed by atoms with van der Waals surface area (Å²) in [4.78, 5) is 0. The summed E-state index contributed by atoms with van der Waals surface area (Å²) in [6, 6.07) is 9.18. The van der Waals surface area contributed by atoms with Gasteiger partial charge in [-0.1, -0.05) is 55.3 Å². The van der Waals surface area contributed by atoms with Crippen molar-refractivity contribution >= 4 is 0 Å². The van der Waals surface area contributed by atoms with Crippen LogP contribution in [0.5, 0.6) is 0 Å². The van der Waals surface area contributed by atoms with E-state index in [2.05, 4.69) is 49.9 Å². The summed E-state index contributed by atoms with van der Waals surface area (Å²) in [6.07, 6.45) is 20.7. The molecule has 2 fully saturated rings. The number of ether oxygens (including phenoxy) is 1. The van der Waals surface area contributed by atoms with Gasteiger partial charge >= 0.3 is 0 Å². The second kappa shape index (κ2) is 11.6. The van der Waals surface area contributed by atoms with Gasteiger partial charge in [0.1, 0.15) is 0 Å². The third-order valence-corrected chi connectivity index (χ3v) is 7.26. The topological polar surface area (TPSA) is 9.23 Å². The lowest BCUT2D eigenvalue weighted by atomic mass is 9.68. The SMILES string of the molecule is C=CCOCc1ccc(C2CCC(C3CCC(CCC=CC)CC3)CC2)cc1. The van der Waals surface area contributed by atoms with E-state index in [0.29, 0.717) is 13.2 Å². The van der Waals surface area contributed by atoms with E-state index in [9.17, 15) is 0 Å². The zero-order valence-corrected chi connectivity index (χ0v) is 18.0. The van der Waals surface area contributed by atoms with Crippen molar-refractivity contribution in [3.8, 4) is 0 Å². The maximum absolute atomic E-state index is 5.55. The minimum Gasteiger partial charge on any atom is -0.373 e. The quantitative estimate of drug-likeness (QED) is 0.313. The lowest BCUT2D eigenvalue weighted by molar-refractivity contribution is 0.149. The van der Waals surface area contributed by atoms with Crippen LogP contribution in [0.25, 0.3) is 0 Å². The van der Waals surface area contributed by atoms with Gasteiger partial charge in [0.2, 0.25) is 0 Å². The van der Waals surface area contributed by atoms with Gasteiger partial charge in [-0.05, 0) is 93.1 Å². The standard InChI is InChI=1S/C27H40O/c1-3-5-6-7-22-8-12-24(13-9-22)26-16-18-27(19-17-26)25-14-10-23(11-15-25)21-28-20-4-2/h3-5,10-11,14-15,22,24,26-27H,2,6-9,12-13,16-21H2,1H3. The molecule has 1 aromatic rings. The highest BCUT2D eigenvalue weighted by atomic mass is 16.5. The molecule has 1 nitrogen and oxygen atoms in total. The second-order valence-corrected chi connectivity index (χ2v) is 9.08. The fourth-order valence-electron chi connectivity index (χ4n) is 5.52. The van der Waals surface area contributed by atoms with Crippen LogP contribution in [0.15, 0.2) is 49.1 Å². The average Bonchev–Trinajstić information content (AvgIpc) is 2.75. The molecule has 0 aliphatic heterocycles. The van der Waals surface area contributed by atoms with Gasteiger partial charge in [0, 0.05) is 0 Å². The van der Waals surface area contributed by atoms with Gasteiger partial charge in [-0.3, -0.25) is 0 Å². The van der Waals surface area contributed by atoms with Crippen molar-refractivity contribution in [1.82, 2.24) is 0 Å². The molecule has 154 valence electrons. The Bertz CT molecular complexity index is 583. The Morgan fingerprint density at radius 2 is 1.57 bits per heavy atom. The Morgan fingerprint density at radius 1 is 0.929 bits per heavy atom.